The van der Waals surface area contributed by atoms with E-state index in [0.717, 1.165) is 51.4 Å². The number of aliphatic hydroxyl groups excluding tert-OH is 2. The molecule has 0 saturated heterocycles. The van der Waals surface area contributed by atoms with E-state index in [2.05, 4.69) is 30.5 Å². The molecular formula is C39H80NO8P. The highest BCUT2D eigenvalue weighted by molar-refractivity contribution is 7.46. The van der Waals surface area contributed by atoms with Crippen LogP contribution in [0.2, 0.25) is 0 Å². The van der Waals surface area contributed by atoms with Crippen LogP contribution < -0.4 is 5.73 Å². The number of unbranched alkanes of at least 4 members (excludes halogenated alkanes) is 23. The van der Waals surface area contributed by atoms with Gasteiger partial charge in [0.05, 0.1) is 19.1 Å². The number of rotatable bonds is 36. The van der Waals surface area contributed by atoms with Gasteiger partial charge in [0, 0.05) is 6.54 Å². The van der Waals surface area contributed by atoms with E-state index in [-0.39, 0.29) is 25.1 Å². The predicted molar refractivity (Wildman–Crippen MR) is 204 cm³/mol. The highest BCUT2D eigenvalue weighted by atomic mass is 31.2. The summed E-state index contributed by atoms with van der Waals surface area (Å²) in [5.41, 5.74) is 4.78. The first-order chi connectivity index (χ1) is 23.7. The average molecular weight is 722 g/mol. The van der Waals surface area contributed by atoms with Crippen LogP contribution in [0.15, 0.2) is 12.2 Å². The van der Waals surface area contributed by atoms with Crippen LogP contribution in [0.1, 0.15) is 194 Å². The number of hydrogen-bond acceptors (Lipinski definition) is 7. The summed E-state index contributed by atoms with van der Waals surface area (Å²) in [4.78, 5) is 30.5. The second kappa shape index (κ2) is 40.0. The van der Waals surface area contributed by atoms with Gasteiger partial charge in [-0.2, -0.15) is 0 Å². The molecule has 0 rings (SSSR count). The van der Waals surface area contributed by atoms with Gasteiger partial charge >= 0.3 is 13.8 Å². The van der Waals surface area contributed by atoms with Gasteiger partial charge in [-0.3, -0.25) is 9.32 Å². The molecule has 0 aromatic carbocycles. The molecule has 2 unspecified atom stereocenters. The number of allylic oxidation sites excluding steroid dienone is 2. The van der Waals surface area contributed by atoms with Gasteiger partial charge in [-0.05, 0) is 38.5 Å². The molecule has 0 heterocycles. The lowest BCUT2D eigenvalue weighted by Crippen LogP contribution is -2.26. The van der Waals surface area contributed by atoms with Crippen LogP contribution in [-0.2, 0) is 18.6 Å². The van der Waals surface area contributed by atoms with Crippen molar-refractivity contribution in [1.82, 2.24) is 0 Å². The Hall–Kier alpha value is -0.800. The first kappa shape index (κ1) is 50.3. The van der Waals surface area contributed by atoms with Gasteiger partial charge in [0.2, 0.25) is 0 Å². The molecule has 0 saturated carbocycles. The molecule has 0 aromatic heterocycles. The van der Waals surface area contributed by atoms with Crippen LogP contribution >= 0.6 is 7.82 Å². The number of aliphatic hydroxyl groups is 2. The fourth-order valence-electron chi connectivity index (χ4n) is 5.78. The summed E-state index contributed by atoms with van der Waals surface area (Å²) in [5, 5.41) is 17.7. The van der Waals surface area contributed by atoms with Gasteiger partial charge in [0.25, 0.3) is 0 Å². The van der Waals surface area contributed by atoms with E-state index in [4.69, 9.17) is 25.4 Å². The van der Waals surface area contributed by atoms with Crippen molar-refractivity contribution in [3.8, 4) is 0 Å². The third-order valence-electron chi connectivity index (χ3n) is 8.79. The second-order valence-corrected chi connectivity index (χ2v) is 14.9. The summed E-state index contributed by atoms with van der Waals surface area (Å²) in [6.45, 7) is 4.09. The van der Waals surface area contributed by atoms with Crippen molar-refractivity contribution >= 4 is 13.8 Å². The monoisotopic (exact) mass is 722 g/mol. The van der Waals surface area contributed by atoms with Gasteiger partial charge in [-0.15, -0.1) is 0 Å². The number of phosphoric ester groups is 1. The minimum Gasteiger partial charge on any atom is -0.463 e. The predicted octanol–water partition coefficient (Wildman–Crippen LogP) is 10.1. The van der Waals surface area contributed by atoms with E-state index in [0.29, 0.717) is 6.54 Å². The zero-order valence-electron chi connectivity index (χ0n) is 31.9. The first-order valence-corrected chi connectivity index (χ1v) is 21.7. The molecule has 10 heteroatoms. The Kier molecular flexibility index (Phi) is 41.0. The molecule has 2 atom stereocenters. The van der Waals surface area contributed by atoms with Crippen LogP contribution in [0, 0.1) is 5.92 Å². The van der Waals surface area contributed by atoms with Crippen molar-refractivity contribution in [2.75, 3.05) is 26.4 Å². The first-order valence-electron chi connectivity index (χ1n) is 20.2. The molecule has 49 heavy (non-hydrogen) atoms. The molecule has 6 N–H and O–H groups in total. The molecule has 0 aliphatic heterocycles. The minimum absolute atomic E-state index is 0.0972. The fraction of sp³-hybridized carbons (Fsp3) is 0.923. The molecule has 0 fully saturated rings. The molecule has 0 radical (unpaired) electrons. The molecule has 0 amide bonds. The number of ether oxygens (including phenoxy) is 1. The summed E-state index contributed by atoms with van der Waals surface area (Å²) in [7, 11) is -4.67. The topological polar surface area (TPSA) is 160 Å². The number of nitrogens with two attached hydrogens (primary N) is 1. The lowest BCUT2D eigenvalue weighted by Gasteiger charge is -2.18. The van der Waals surface area contributed by atoms with E-state index < -0.39 is 20.5 Å². The summed E-state index contributed by atoms with van der Waals surface area (Å²) in [6.07, 6.45) is 37.8. The van der Waals surface area contributed by atoms with Crippen molar-refractivity contribution in [2.45, 2.75) is 200 Å². The van der Waals surface area contributed by atoms with Crippen molar-refractivity contribution in [2.24, 2.45) is 11.7 Å². The van der Waals surface area contributed by atoms with Crippen LogP contribution in [0.4, 0.5) is 0 Å². The third kappa shape index (κ3) is 43.3. The van der Waals surface area contributed by atoms with E-state index in [9.17, 15) is 14.5 Å². The summed E-state index contributed by atoms with van der Waals surface area (Å²) in [5.74, 6) is -0.521. The van der Waals surface area contributed by atoms with Crippen LogP contribution in [0.5, 0.6) is 0 Å². The number of esters is 1. The molecule has 0 aliphatic rings. The van der Waals surface area contributed by atoms with Crippen LogP contribution in [-0.4, -0.2) is 58.4 Å². The SMILES string of the molecule is CCCCCCCC/C=C\CCCCCCC(CCCCCCCCCCCCCCCC)C(=O)OCC(O)COP(=O)(O)O.NCCO. The fourth-order valence-corrected chi connectivity index (χ4v) is 6.14. The largest absolute Gasteiger partial charge is 0.469 e. The average Bonchev–Trinajstić information content (AvgIpc) is 3.08. The van der Waals surface area contributed by atoms with Crippen molar-refractivity contribution in [1.29, 1.82) is 0 Å². The Morgan fingerprint density at radius 3 is 1.33 bits per heavy atom. The molecule has 9 nitrogen and oxygen atoms in total. The molecule has 0 aliphatic carbocycles. The van der Waals surface area contributed by atoms with Crippen molar-refractivity contribution in [3.05, 3.63) is 12.2 Å². The van der Waals surface area contributed by atoms with Gasteiger partial charge in [-0.1, -0.05) is 167 Å². The minimum atomic E-state index is -4.67. The molecule has 0 spiro atoms. The van der Waals surface area contributed by atoms with E-state index in [1.807, 2.05) is 0 Å². The summed E-state index contributed by atoms with van der Waals surface area (Å²) >= 11 is 0. The highest BCUT2D eigenvalue weighted by Gasteiger charge is 2.22. The normalized spacial score (nSPS) is 13.0. The van der Waals surface area contributed by atoms with Gasteiger partial charge in [0.1, 0.15) is 12.7 Å². The van der Waals surface area contributed by atoms with E-state index in [1.54, 1.807) is 0 Å². The van der Waals surface area contributed by atoms with Crippen molar-refractivity contribution < 1.29 is 38.6 Å². The molecular weight excluding hydrogens is 641 g/mol. The Morgan fingerprint density at radius 2 is 0.980 bits per heavy atom. The number of carbonyl (C=O) groups is 1. The lowest BCUT2D eigenvalue weighted by atomic mass is 9.94. The maximum absolute atomic E-state index is 12.8. The van der Waals surface area contributed by atoms with Gasteiger partial charge in [-0.25, -0.2) is 4.57 Å². The van der Waals surface area contributed by atoms with E-state index in [1.165, 1.54) is 128 Å². The molecule has 0 aromatic rings. The standard InChI is InChI=1S/C37H73O7P.C2H7NO/c1-3-5-7-9-11-13-15-17-19-21-23-25-27-29-31-35(37(39)43-33-36(38)34-44-45(40,41)42)32-30-28-26-24-22-20-18-16-14-12-10-8-6-4-2;3-1-2-4/h17,19,35-36,38H,3-16,18,20-34H2,1-2H3,(H2,40,41,42);4H,1-3H2/b19-17-;. The quantitative estimate of drug-likeness (QED) is 0.0184. The second-order valence-electron chi connectivity index (χ2n) is 13.7. The van der Waals surface area contributed by atoms with E-state index >= 15 is 0 Å². The van der Waals surface area contributed by atoms with Gasteiger partial charge < -0.3 is 30.5 Å². The lowest BCUT2D eigenvalue weighted by molar-refractivity contribution is -0.152. The Bertz CT molecular complexity index is 747. The number of hydrogen-bond donors (Lipinski definition) is 5. The van der Waals surface area contributed by atoms with Crippen LogP contribution in [0.3, 0.4) is 0 Å². The summed E-state index contributed by atoms with van der Waals surface area (Å²) < 4.78 is 20.5. The van der Waals surface area contributed by atoms with Crippen molar-refractivity contribution in [3.63, 3.8) is 0 Å². The maximum atomic E-state index is 12.8. The highest BCUT2D eigenvalue weighted by Crippen LogP contribution is 2.35. The number of carbonyl (C=O) groups excluding carboxylic acids is 1. The Balaban J connectivity index is 0. The van der Waals surface area contributed by atoms with Crippen LogP contribution in [0.25, 0.3) is 0 Å². The molecule has 294 valence electrons. The van der Waals surface area contributed by atoms with Gasteiger partial charge in [0.15, 0.2) is 0 Å². The third-order valence-corrected chi connectivity index (χ3v) is 9.27. The zero-order chi connectivity index (χ0) is 36.7. The summed E-state index contributed by atoms with van der Waals surface area (Å²) in [6, 6.07) is 0. The zero-order valence-corrected chi connectivity index (χ0v) is 32.8. The molecule has 0 bridgehead atoms. The Morgan fingerprint density at radius 1 is 0.633 bits per heavy atom. The smallest absolute Gasteiger partial charge is 0.463 e. The number of phosphoric acid groups is 1. The maximum Gasteiger partial charge on any atom is 0.469 e. The Labute approximate surface area is 301 Å².